The summed E-state index contributed by atoms with van der Waals surface area (Å²) >= 11 is 39.0. The van der Waals surface area contributed by atoms with Crippen molar-refractivity contribution >= 4 is 184 Å². The van der Waals surface area contributed by atoms with E-state index in [1.165, 1.54) is 5.56 Å². The number of benzene rings is 1. The summed E-state index contributed by atoms with van der Waals surface area (Å²) in [7, 11) is 0. The fourth-order valence-electron chi connectivity index (χ4n) is 2.70. The van der Waals surface area contributed by atoms with Crippen molar-refractivity contribution in [1.29, 1.82) is 0 Å². The van der Waals surface area contributed by atoms with Crippen LogP contribution in [-0.2, 0) is 0 Å². The Morgan fingerprint density at radius 3 is 1.64 bits per heavy atom. The Bertz CT molecular complexity index is 617. The van der Waals surface area contributed by atoms with Gasteiger partial charge in [0.05, 0.1) is 9.15 Å². The molecule has 0 spiro atoms. The van der Waals surface area contributed by atoms with E-state index in [9.17, 15) is 0 Å². The van der Waals surface area contributed by atoms with Crippen LogP contribution in [0.4, 0.5) is 0 Å². The van der Waals surface area contributed by atoms with Crippen LogP contribution in [-0.4, -0.2) is 46.5 Å². The van der Waals surface area contributed by atoms with E-state index in [2.05, 4.69) is 190 Å². The van der Waals surface area contributed by atoms with Gasteiger partial charge >= 0.3 is 0 Å². The van der Waals surface area contributed by atoms with E-state index in [0.29, 0.717) is 0 Å². The fraction of sp³-hybridized carbons (Fsp3) is 0.571. The Kier molecular flexibility index (Phi) is 10.4. The molecule has 0 amide bonds. The second-order valence-corrected chi connectivity index (χ2v) is 21.7. The van der Waals surface area contributed by atoms with Gasteiger partial charge < -0.3 is 0 Å². The van der Waals surface area contributed by atoms with Gasteiger partial charge in [0.15, 0.2) is 0 Å². The molecular formula is C14H10Br10Sb. The van der Waals surface area contributed by atoms with Crippen LogP contribution >= 0.6 is 159 Å². The third-order valence-corrected chi connectivity index (χ3v) is 26.2. The minimum Gasteiger partial charge on any atom is -0.0849 e. The van der Waals surface area contributed by atoms with E-state index in [4.69, 9.17) is 0 Å². The summed E-state index contributed by atoms with van der Waals surface area (Å²) in [5, 5.41) is 0. The van der Waals surface area contributed by atoms with Crippen LogP contribution in [0.5, 0.6) is 0 Å². The molecule has 1 saturated carbocycles. The maximum Gasteiger partial charge on any atom is 0.134 e. The van der Waals surface area contributed by atoms with E-state index >= 15 is 0 Å². The molecule has 0 aliphatic heterocycles. The SMILES string of the molecule is CC(c1ccccc1)C1(Br)C(Br)C(Br)(Br)C(Br)(Br)C(Br)(Br)C1(Br)Br.[Sb]. The second-order valence-electron chi connectivity index (χ2n) is 5.61. The van der Waals surface area contributed by atoms with Gasteiger partial charge in [-0.2, -0.15) is 0 Å². The molecule has 0 bridgehead atoms. The quantitative estimate of drug-likeness (QED) is 0.205. The summed E-state index contributed by atoms with van der Waals surface area (Å²) in [6.45, 7) is 2.21. The van der Waals surface area contributed by atoms with Crippen LogP contribution in [0.3, 0.4) is 0 Å². The topological polar surface area (TPSA) is 0 Å². The van der Waals surface area contributed by atoms with Gasteiger partial charge in [0, 0.05) is 24.4 Å². The van der Waals surface area contributed by atoms with Crippen LogP contribution in [0.25, 0.3) is 0 Å². The molecule has 25 heavy (non-hydrogen) atoms. The van der Waals surface area contributed by atoms with Crippen LogP contribution in [0, 0.1) is 0 Å². The minimum atomic E-state index is -0.649. The number of rotatable bonds is 2. The molecule has 3 atom stereocenters. The van der Waals surface area contributed by atoms with E-state index in [-0.39, 0.29) is 35.2 Å². The number of halogens is 10. The number of alkyl halides is 10. The largest absolute Gasteiger partial charge is 0.134 e. The number of hydrogen-bond donors (Lipinski definition) is 0. The summed E-state index contributed by atoms with van der Waals surface area (Å²) in [6, 6.07) is 10.4. The Hall–Kier alpha value is 4.84. The van der Waals surface area contributed by atoms with Gasteiger partial charge in [0.25, 0.3) is 0 Å². The molecule has 1 aromatic carbocycles. The first-order chi connectivity index (χ1) is 10.7. The fourth-order valence-corrected chi connectivity index (χ4v) is 14.6. The zero-order chi connectivity index (χ0) is 18.8. The molecular weight excluding hydrogens is 1090 g/mol. The molecule has 2 rings (SSSR count). The minimum absolute atomic E-state index is 0. The van der Waals surface area contributed by atoms with Crippen LogP contribution < -0.4 is 0 Å². The molecule has 3 radical (unpaired) electrons. The predicted molar refractivity (Wildman–Crippen MR) is 147 cm³/mol. The standard InChI is InChI=1S/C14H10Br10.Sb/c1-7(8-5-3-2-4-6-8)10(16)9(15)11(17,18)13(21,22)14(23,24)12(10,19)20;/h2-7,9H,1H3;. The first kappa shape index (κ1) is 27.9. The molecule has 141 valence electrons. The van der Waals surface area contributed by atoms with Gasteiger partial charge in [0.2, 0.25) is 0 Å². The van der Waals surface area contributed by atoms with Crippen LogP contribution in [0.2, 0.25) is 0 Å². The van der Waals surface area contributed by atoms with Crippen LogP contribution in [0.15, 0.2) is 30.3 Å². The normalized spacial score (nSPS) is 33.2. The molecule has 0 nitrogen and oxygen atoms in total. The van der Waals surface area contributed by atoms with Gasteiger partial charge in [-0.1, -0.05) is 197 Å². The van der Waals surface area contributed by atoms with Crippen molar-refractivity contribution in [3.05, 3.63) is 35.9 Å². The zero-order valence-corrected chi connectivity index (χ0v) is 30.7. The van der Waals surface area contributed by atoms with Crippen molar-refractivity contribution in [3.8, 4) is 0 Å². The monoisotopic (exact) mass is 1090 g/mol. The predicted octanol–water partition coefficient (Wildman–Crippen LogP) is 9.26. The van der Waals surface area contributed by atoms with Crippen LogP contribution in [0.1, 0.15) is 18.4 Å². The van der Waals surface area contributed by atoms with E-state index in [0.717, 1.165) is 0 Å². The molecule has 0 N–H and O–H groups in total. The smallest absolute Gasteiger partial charge is 0.0849 e. The van der Waals surface area contributed by atoms with Gasteiger partial charge in [-0.25, -0.2) is 0 Å². The molecule has 3 unspecified atom stereocenters. The zero-order valence-electron chi connectivity index (χ0n) is 12.3. The van der Waals surface area contributed by atoms with E-state index < -0.39 is 17.3 Å². The Balaban J connectivity index is 0.00000312. The van der Waals surface area contributed by atoms with Crippen molar-refractivity contribution in [2.24, 2.45) is 0 Å². The Morgan fingerprint density at radius 2 is 1.20 bits per heavy atom. The van der Waals surface area contributed by atoms with Gasteiger partial charge in [-0.05, 0) is 11.5 Å². The van der Waals surface area contributed by atoms with Gasteiger partial charge in [-0.15, -0.1) is 0 Å². The first-order valence-electron chi connectivity index (χ1n) is 6.56. The summed E-state index contributed by atoms with van der Waals surface area (Å²) in [4.78, 5) is -0.0616. The van der Waals surface area contributed by atoms with Crippen molar-refractivity contribution in [3.63, 3.8) is 0 Å². The molecule has 0 saturated heterocycles. The molecule has 0 heterocycles. The third kappa shape index (κ3) is 4.14. The molecule has 1 aliphatic rings. The Morgan fingerprint density at radius 1 is 0.760 bits per heavy atom. The Labute approximate surface area is 250 Å². The van der Waals surface area contributed by atoms with Crippen molar-refractivity contribution in [1.82, 2.24) is 0 Å². The molecule has 1 aromatic rings. The van der Waals surface area contributed by atoms with E-state index in [1.807, 2.05) is 6.07 Å². The third-order valence-electron chi connectivity index (χ3n) is 4.31. The maximum atomic E-state index is 4.09. The molecule has 0 aromatic heterocycles. The summed E-state index contributed by atoms with van der Waals surface area (Å²) in [5.74, 6) is 0.141. The first-order valence-corrected chi connectivity index (χ1v) is 14.6. The average molecular weight is 1100 g/mol. The van der Waals surface area contributed by atoms with Gasteiger partial charge in [0.1, 0.15) is 12.9 Å². The van der Waals surface area contributed by atoms with Crippen molar-refractivity contribution in [2.45, 2.75) is 34.9 Å². The molecule has 1 aliphatic carbocycles. The summed E-state index contributed by atoms with van der Waals surface area (Å²) in [6.07, 6.45) is 0. The van der Waals surface area contributed by atoms with Gasteiger partial charge in [-0.3, -0.25) is 0 Å². The average Bonchev–Trinajstić information content (AvgIpc) is 2.51. The summed E-state index contributed by atoms with van der Waals surface area (Å²) in [5.41, 5.74) is 1.23. The number of hydrogen-bond acceptors (Lipinski definition) is 0. The van der Waals surface area contributed by atoms with Crippen molar-refractivity contribution < 1.29 is 0 Å². The summed E-state index contributed by atoms with van der Waals surface area (Å²) < 4.78 is -2.90. The van der Waals surface area contributed by atoms with Crippen molar-refractivity contribution in [2.75, 3.05) is 0 Å². The van der Waals surface area contributed by atoms with E-state index in [1.54, 1.807) is 0 Å². The second kappa shape index (κ2) is 9.37. The molecule has 11 heteroatoms. The maximum absolute atomic E-state index is 4.09. The molecule has 1 fully saturated rings.